The fraction of sp³-hybridized carbons (Fsp3) is 0.273. The molecule has 0 spiro atoms. The van der Waals surface area contributed by atoms with Gasteiger partial charge >= 0.3 is 0 Å². The van der Waals surface area contributed by atoms with Crippen LogP contribution in [-0.4, -0.2) is 61.1 Å². The molecule has 4 rings (SSSR count). The van der Waals surface area contributed by atoms with E-state index in [4.69, 9.17) is 9.47 Å². The first-order valence-electron chi connectivity index (χ1n) is 9.71. The van der Waals surface area contributed by atoms with Gasteiger partial charge in [-0.2, -0.15) is 0 Å². The fourth-order valence-electron chi connectivity index (χ4n) is 3.35. The molecule has 30 heavy (non-hydrogen) atoms. The number of carbonyl (C=O) groups excluding carboxylic acids is 2. The molecule has 2 heterocycles. The molecule has 2 aliphatic rings. The van der Waals surface area contributed by atoms with Gasteiger partial charge in [-0.1, -0.05) is 6.07 Å². The van der Waals surface area contributed by atoms with Crippen LogP contribution in [0.3, 0.4) is 0 Å². The van der Waals surface area contributed by atoms with Crippen molar-refractivity contribution < 1.29 is 23.5 Å². The van der Waals surface area contributed by atoms with Crippen molar-refractivity contribution in [1.29, 1.82) is 0 Å². The standard InChI is InChI=1S/C22H22FN3O4/c23-17-3-5-18(6-4-17)24-21(27)14-25-9-11-26(12-10-25)22(28)8-2-16-1-7-19-20(13-16)30-15-29-19/h1-8,13H,9-12,14-15H2,(H,24,27)/b8-2+. The van der Waals surface area contributed by atoms with Crippen molar-refractivity contribution in [2.45, 2.75) is 0 Å². The molecule has 156 valence electrons. The molecule has 1 N–H and O–H groups in total. The first-order chi connectivity index (χ1) is 14.6. The summed E-state index contributed by atoms with van der Waals surface area (Å²) in [5.41, 5.74) is 1.42. The molecule has 0 aliphatic carbocycles. The minimum atomic E-state index is -0.346. The fourth-order valence-corrected chi connectivity index (χ4v) is 3.35. The van der Waals surface area contributed by atoms with E-state index < -0.39 is 0 Å². The van der Waals surface area contributed by atoms with Crippen LogP contribution >= 0.6 is 0 Å². The molecule has 2 aliphatic heterocycles. The average Bonchev–Trinajstić information content (AvgIpc) is 3.22. The number of hydrogen-bond donors (Lipinski definition) is 1. The van der Waals surface area contributed by atoms with Crippen molar-refractivity contribution in [2.24, 2.45) is 0 Å². The van der Waals surface area contributed by atoms with Gasteiger partial charge in [0.05, 0.1) is 6.54 Å². The summed E-state index contributed by atoms with van der Waals surface area (Å²) in [7, 11) is 0. The van der Waals surface area contributed by atoms with E-state index in [0.29, 0.717) is 43.4 Å². The molecule has 2 amide bonds. The molecule has 0 unspecified atom stereocenters. The Balaban J connectivity index is 1.23. The summed E-state index contributed by atoms with van der Waals surface area (Å²) in [6.45, 7) is 2.77. The van der Waals surface area contributed by atoms with Gasteiger partial charge in [-0.25, -0.2) is 4.39 Å². The van der Waals surface area contributed by atoms with Crippen molar-refractivity contribution >= 4 is 23.6 Å². The number of fused-ring (bicyclic) bond motifs is 1. The molecule has 0 atom stereocenters. The normalized spacial score (nSPS) is 16.1. The number of nitrogens with one attached hydrogen (secondary N) is 1. The average molecular weight is 411 g/mol. The summed E-state index contributed by atoms with van der Waals surface area (Å²) in [4.78, 5) is 28.4. The number of halogens is 1. The molecule has 0 aromatic heterocycles. The third-order valence-electron chi connectivity index (χ3n) is 4.99. The van der Waals surface area contributed by atoms with E-state index in [9.17, 15) is 14.0 Å². The van der Waals surface area contributed by atoms with Crippen LogP contribution in [0.25, 0.3) is 6.08 Å². The van der Waals surface area contributed by atoms with E-state index >= 15 is 0 Å². The van der Waals surface area contributed by atoms with Crippen LogP contribution in [-0.2, 0) is 9.59 Å². The summed E-state index contributed by atoms with van der Waals surface area (Å²) < 4.78 is 23.6. The van der Waals surface area contributed by atoms with Crippen LogP contribution in [0.2, 0.25) is 0 Å². The largest absolute Gasteiger partial charge is 0.454 e. The highest BCUT2D eigenvalue weighted by Crippen LogP contribution is 2.32. The van der Waals surface area contributed by atoms with E-state index in [2.05, 4.69) is 5.32 Å². The van der Waals surface area contributed by atoms with Crippen molar-refractivity contribution in [3.8, 4) is 11.5 Å². The molecular weight excluding hydrogens is 389 g/mol. The van der Waals surface area contributed by atoms with E-state index in [1.165, 1.54) is 24.3 Å². The Morgan fingerprint density at radius 1 is 1.00 bits per heavy atom. The zero-order valence-corrected chi connectivity index (χ0v) is 16.3. The maximum absolute atomic E-state index is 12.9. The highest BCUT2D eigenvalue weighted by Gasteiger charge is 2.21. The van der Waals surface area contributed by atoms with Gasteiger partial charge in [-0.3, -0.25) is 14.5 Å². The zero-order chi connectivity index (χ0) is 20.9. The molecule has 0 bridgehead atoms. The van der Waals surface area contributed by atoms with Gasteiger partial charge < -0.3 is 19.7 Å². The topological polar surface area (TPSA) is 71.1 Å². The number of anilines is 1. The van der Waals surface area contributed by atoms with Crippen molar-refractivity contribution in [3.63, 3.8) is 0 Å². The predicted molar refractivity (Wildman–Crippen MR) is 110 cm³/mol. The Morgan fingerprint density at radius 2 is 1.73 bits per heavy atom. The lowest BCUT2D eigenvalue weighted by molar-refractivity contribution is -0.127. The van der Waals surface area contributed by atoms with E-state index in [0.717, 1.165) is 5.56 Å². The molecule has 7 nitrogen and oxygen atoms in total. The van der Waals surface area contributed by atoms with Crippen LogP contribution < -0.4 is 14.8 Å². The van der Waals surface area contributed by atoms with Crippen LogP contribution in [0.4, 0.5) is 10.1 Å². The maximum atomic E-state index is 12.9. The van der Waals surface area contributed by atoms with Gasteiger partial charge in [0, 0.05) is 37.9 Å². The van der Waals surface area contributed by atoms with Crippen molar-refractivity contribution in [3.05, 3.63) is 59.9 Å². The number of nitrogens with zero attached hydrogens (tertiary/aromatic N) is 2. The molecule has 2 aromatic carbocycles. The highest BCUT2D eigenvalue weighted by molar-refractivity contribution is 5.93. The van der Waals surface area contributed by atoms with E-state index in [1.807, 2.05) is 23.1 Å². The van der Waals surface area contributed by atoms with Crippen LogP contribution in [0.5, 0.6) is 11.5 Å². The number of hydrogen-bond acceptors (Lipinski definition) is 5. The predicted octanol–water partition coefficient (Wildman–Crippen LogP) is 2.35. The lowest BCUT2D eigenvalue weighted by Crippen LogP contribution is -2.50. The SMILES string of the molecule is O=C(CN1CCN(C(=O)/C=C/c2ccc3c(c2)OCO3)CC1)Nc1ccc(F)cc1. The van der Waals surface area contributed by atoms with Gasteiger partial charge in [0.25, 0.3) is 0 Å². The third kappa shape index (κ3) is 4.96. The number of benzene rings is 2. The number of rotatable bonds is 5. The molecule has 8 heteroatoms. The smallest absolute Gasteiger partial charge is 0.246 e. The summed E-state index contributed by atoms with van der Waals surface area (Å²) >= 11 is 0. The Kier molecular flexibility index (Phi) is 5.94. The molecule has 0 saturated carbocycles. The van der Waals surface area contributed by atoms with E-state index in [-0.39, 0.29) is 31.0 Å². The molecule has 1 fully saturated rings. The van der Waals surface area contributed by atoms with Crippen LogP contribution in [0, 0.1) is 5.82 Å². The Labute approximate surface area is 173 Å². The number of piperazine rings is 1. The first-order valence-corrected chi connectivity index (χ1v) is 9.71. The maximum Gasteiger partial charge on any atom is 0.246 e. The number of carbonyl (C=O) groups is 2. The Morgan fingerprint density at radius 3 is 2.50 bits per heavy atom. The van der Waals surface area contributed by atoms with Crippen molar-refractivity contribution in [1.82, 2.24) is 9.80 Å². The first kappa shape index (κ1) is 19.9. The minimum absolute atomic E-state index is 0.0666. The van der Waals surface area contributed by atoms with Gasteiger partial charge in [0.15, 0.2) is 11.5 Å². The quantitative estimate of drug-likeness (QED) is 0.765. The van der Waals surface area contributed by atoms with Crippen LogP contribution in [0.1, 0.15) is 5.56 Å². The van der Waals surface area contributed by atoms with E-state index in [1.54, 1.807) is 17.1 Å². The van der Waals surface area contributed by atoms with Gasteiger partial charge in [-0.05, 0) is 48.0 Å². The lowest BCUT2D eigenvalue weighted by atomic mass is 10.2. The Bertz CT molecular complexity index is 953. The zero-order valence-electron chi connectivity index (χ0n) is 16.3. The molecule has 0 radical (unpaired) electrons. The molecule has 1 saturated heterocycles. The monoisotopic (exact) mass is 411 g/mol. The summed E-state index contributed by atoms with van der Waals surface area (Å²) in [6, 6.07) is 11.2. The van der Waals surface area contributed by atoms with Crippen molar-refractivity contribution in [2.75, 3.05) is 44.8 Å². The minimum Gasteiger partial charge on any atom is -0.454 e. The molecule has 2 aromatic rings. The second-order valence-corrected chi connectivity index (χ2v) is 7.10. The van der Waals surface area contributed by atoms with Gasteiger partial charge in [-0.15, -0.1) is 0 Å². The second-order valence-electron chi connectivity index (χ2n) is 7.10. The van der Waals surface area contributed by atoms with Gasteiger partial charge in [0.1, 0.15) is 5.82 Å². The number of amides is 2. The second kappa shape index (κ2) is 8.96. The summed E-state index contributed by atoms with van der Waals surface area (Å²) in [6.07, 6.45) is 3.31. The summed E-state index contributed by atoms with van der Waals surface area (Å²) in [5, 5.41) is 2.75. The van der Waals surface area contributed by atoms with Gasteiger partial charge in [0.2, 0.25) is 18.6 Å². The highest BCUT2D eigenvalue weighted by atomic mass is 19.1. The lowest BCUT2D eigenvalue weighted by Gasteiger charge is -2.33. The summed E-state index contributed by atoms with van der Waals surface area (Å²) in [5.74, 6) is 0.809. The number of ether oxygens (including phenoxy) is 2. The molecular formula is C22H22FN3O4. The Hall–Kier alpha value is -3.39. The third-order valence-corrected chi connectivity index (χ3v) is 4.99. The van der Waals surface area contributed by atoms with Crippen LogP contribution in [0.15, 0.2) is 48.5 Å².